The zero-order valence-corrected chi connectivity index (χ0v) is 65.3. The number of benzene rings is 2. The van der Waals surface area contributed by atoms with Gasteiger partial charge in [-0.25, -0.2) is 4.79 Å². The molecule has 620 valence electrons. The van der Waals surface area contributed by atoms with Crippen molar-refractivity contribution in [3.05, 3.63) is 65.7 Å². The third-order valence-electron chi connectivity index (χ3n) is 18.9. The molecule has 2 aromatic carbocycles. The summed E-state index contributed by atoms with van der Waals surface area (Å²) in [6, 6.07) is -5.24. The Hall–Kier alpha value is -10.9. The van der Waals surface area contributed by atoms with Crippen LogP contribution in [-0.2, 0) is 94.3 Å². The molecule has 22 N–H and O–H groups in total. The summed E-state index contributed by atoms with van der Waals surface area (Å²) in [5.74, 6) is -18.1. The number of carboxylic acids is 2. The van der Waals surface area contributed by atoms with Gasteiger partial charge in [0.05, 0.1) is 18.9 Å². The van der Waals surface area contributed by atoms with Crippen LogP contribution in [0.1, 0.15) is 164 Å². The quantitative estimate of drug-likeness (QED) is 0.0296. The highest BCUT2D eigenvalue weighted by atomic mass is 16.4. The number of unbranched alkanes of at least 4 members (excludes halogenated alkanes) is 1. The van der Waals surface area contributed by atoms with Crippen molar-refractivity contribution >= 4 is 101 Å². The van der Waals surface area contributed by atoms with Gasteiger partial charge >= 0.3 is 11.9 Å². The Morgan fingerprint density at radius 2 is 0.866 bits per heavy atom. The van der Waals surface area contributed by atoms with Gasteiger partial charge in [0, 0.05) is 25.9 Å². The SMILES string of the molecule is CC(C)C[C@H](NC(=O)[C@H](CC(N)=O)NC(=O)[C@H](CC(N)=O)NC(=O)[C@@H]1CCCN1C(=O)[C@H](C)NC(=O)[C@H](CC(C)C)NC(=O)[C@@H](N)Cc1ccc(O)cc1)C(=O)N[C@@H](CCCCN)C(=O)N1CCC[C@H]1C(=O)N[C@H](C(=O)N[C@H](C(=O)N[C@@H](C)C(=O)N[C@@H](CCC(=O)O)C(=O)N[C@@H](Cc1ccccc1)C(=O)O)C(C)C)C(C)C. The lowest BCUT2D eigenvalue weighted by atomic mass is 9.99. The van der Waals surface area contributed by atoms with Crippen molar-refractivity contribution in [2.24, 2.45) is 46.6 Å². The summed E-state index contributed by atoms with van der Waals surface area (Å²) < 4.78 is 0. The number of nitrogens with one attached hydrogen (secondary N) is 11. The number of carbonyl (C=O) groups is 17. The van der Waals surface area contributed by atoms with E-state index in [1.807, 2.05) is 13.8 Å². The van der Waals surface area contributed by atoms with Crippen LogP contribution >= 0.6 is 0 Å². The molecule has 0 spiro atoms. The van der Waals surface area contributed by atoms with Gasteiger partial charge in [-0.05, 0) is 138 Å². The van der Waals surface area contributed by atoms with Crippen molar-refractivity contribution in [1.82, 2.24) is 68.3 Å². The van der Waals surface area contributed by atoms with E-state index < -0.39 is 223 Å². The molecule has 0 unspecified atom stereocenters. The van der Waals surface area contributed by atoms with Gasteiger partial charge in [0.2, 0.25) is 88.6 Å². The van der Waals surface area contributed by atoms with Gasteiger partial charge in [0.1, 0.15) is 84.3 Å². The second-order valence-electron chi connectivity index (χ2n) is 30.1. The molecule has 37 nitrogen and oxygen atoms in total. The van der Waals surface area contributed by atoms with E-state index in [9.17, 15) is 96.8 Å². The van der Waals surface area contributed by atoms with Crippen molar-refractivity contribution in [2.45, 2.75) is 250 Å². The normalized spacial score (nSPS) is 17.2. The van der Waals surface area contributed by atoms with Gasteiger partial charge in [-0.1, -0.05) is 97.9 Å². The molecule has 2 heterocycles. The molecule has 0 bridgehead atoms. The first-order valence-corrected chi connectivity index (χ1v) is 37.9. The smallest absolute Gasteiger partial charge is 0.326 e. The van der Waals surface area contributed by atoms with Gasteiger partial charge in [-0.3, -0.25) is 76.7 Å². The number of carboxylic acid groups (broad SMARTS) is 2. The molecule has 0 saturated carbocycles. The first-order valence-electron chi connectivity index (χ1n) is 37.9. The molecule has 14 atom stereocenters. The van der Waals surface area contributed by atoms with Crippen LogP contribution in [0.4, 0.5) is 0 Å². The molecule has 2 aliphatic rings. The summed E-state index contributed by atoms with van der Waals surface area (Å²) in [5, 5.41) is 56.8. The summed E-state index contributed by atoms with van der Waals surface area (Å²) in [6.45, 7) is 16.3. The second-order valence-corrected chi connectivity index (χ2v) is 30.1. The van der Waals surface area contributed by atoms with E-state index in [1.54, 1.807) is 84.0 Å². The Morgan fingerprint density at radius 1 is 0.438 bits per heavy atom. The Morgan fingerprint density at radius 3 is 1.38 bits per heavy atom. The molecule has 37 heteroatoms. The Balaban J connectivity index is 1.46. The van der Waals surface area contributed by atoms with E-state index >= 15 is 0 Å². The molecular weight excluding hydrogens is 1460 g/mol. The maximum absolute atomic E-state index is 14.8. The monoisotopic (exact) mass is 1570 g/mol. The number of phenols is 1. The average Bonchev–Trinajstić information content (AvgIpc) is 1.60. The number of hydrogen-bond donors (Lipinski definition) is 18. The van der Waals surface area contributed by atoms with Gasteiger partial charge in [-0.15, -0.1) is 0 Å². The highest BCUT2D eigenvalue weighted by Gasteiger charge is 2.43. The molecule has 0 aromatic heterocycles. The van der Waals surface area contributed by atoms with E-state index in [0.717, 1.165) is 0 Å². The maximum Gasteiger partial charge on any atom is 0.326 e. The van der Waals surface area contributed by atoms with Crippen LogP contribution in [0.5, 0.6) is 5.75 Å². The van der Waals surface area contributed by atoms with Crippen LogP contribution in [0.15, 0.2) is 54.6 Å². The molecule has 2 saturated heterocycles. The zero-order valence-electron chi connectivity index (χ0n) is 65.3. The largest absolute Gasteiger partial charge is 0.508 e. The number of nitrogens with zero attached hydrogens (tertiary/aromatic N) is 2. The van der Waals surface area contributed by atoms with Crippen molar-refractivity contribution in [2.75, 3.05) is 19.6 Å². The highest BCUT2D eigenvalue weighted by Crippen LogP contribution is 2.24. The Bertz CT molecular complexity index is 3640. The summed E-state index contributed by atoms with van der Waals surface area (Å²) >= 11 is 0. The van der Waals surface area contributed by atoms with Crippen molar-refractivity contribution in [1.29, 1.82) is 0 Å². The number of aliphatic carboxylic acids is 2. The number of rotatable bonds is 46. The minimum absolute atomic E-state index is 0.0147. The fraction of sp³-hybridized carbons (Fsp3) is 0.613. The predicted octanol–water partition coefficient (Wildman–Crippen LogP) is -2.91. The van der Waals surface area contributed by atoms with E-state index in [2.05, 4.69) is 58.5 Å². The minimum atomic E-state index is -1.87. The van der Waals surface area contributed by atoms with Crippen molar-refractivity contribution in [3.63, 3.8) is 0 Å². The first kappa shape index (κ1) is 93.5. The van der Waals surface area contributed by atoms with Crippen molar-refractivity contribution in [3.8, 4) is 5.75 Å². The molecule has 112 heavy (non-hydrogen) atoms. The van der Waals surface area contributed by atoms with Crippen LogP contribution in [0.25, 0.3) is 0 Å². The zero-order chi connectivity index (χ0) is 84.0. The van der Waals surface area contributed by atoms with E-state index in [0.29, 0.717) is 24.0 Å². The summed E-state index contributed by atoms with van der Waals surface area (Å²) in [5.41, 5.74) is 24.4. The van der Waals surface area contributed by atoms with E-state index in [-0.39, 0.29) is 95.0 Å². The molecule has 0 radical (unpaired) electrons. The molecule has 4 rings (SSSR count). The number of carbonyl (C=O) groups excluding carboxylic acids is 15. The number of aromatic hydroxyl groups is 1. The van der Waals surface area contributed by atoms with Crippen LogP contribution < -0.4 is 81.4 Å². The molecule has 0 aliphatic carbocycles. The van der Waals surface area contributed by atoms with E-state index in [4.69, 9.17) is 22.9 Å². The number of hydrogen-bond acceptors (Lipinski definition) is 20. The van der Waals surface area contributed by atoms with Gasteiger partial charge in [0.15, 0.2) is 0 Å². The molecular formula is C75H115N17O20. The lowest BCUT2D eigenvalue weighted by Crippen LogP contribution is -2.61. The Kier molecular flexibility index (Phi) is 38.0. The lowest BCUT2D eigenvalue weighted by Gasteiger charge is -2.32. The third kappa shape index (κ3) is 30.4. The van der Waals surface area contributed by atoms with Crippen LogP contribution in [0.2, 0.25) is 0 Å². The fourth-order valence-electron chi connectivity index (χ4n) is 12.8. The minimum Gasteiger partial charge on any atom is -0.508 e. The van der Waals surface area contributed by atoms with Crippen LogP contribution in [0, 0.1) is 23.7 Å². The number of phenolic OH excluding ortho intramolecular Hbond substituents is 1. The summed E-state index contributed by atoms with van der Waals surface area (Å²) in [4.78, 5) is 234. The third-order valence-corrected chi connectivity index (χ3v) is 18.9. The lowest BCUT2D eigenvalue weighted by molar-refractivity contribution is -0.143. The number of likely N-dealkylation sites (tertiary alicyclic amines) is 2. The molecule has 2 fully saturated rings. The molecule has 15 amide bonds. The number of amides is 15. The van der Waals surface area contributed by atoms with Gasteiger partial charge < -0.3 is 107 Å². The maximum atomic E-state index is 14.8. The standard InChI is InChI=1S/C75H115N17O20/c1-38(2)32-50(84-63(99)47(77)34-45-23-25-46(93)26-24-45)65(101)81-43(10)73(109)91-30-16-21-55(91)69(105)87-53(37-58(79)95)68(104)86-52(36-57(78)94)67(103)85-51(33-39(3)4)66(102)83-49(20-14-15-29-76)74(110)92-31-17-22-56(92)70(106)89-61(41(7)8)72(108)90-60(40(5)6)71(107)80-42(9)62(98)82-48(27-28-59(96)97)64(100)88-54(75(111)112)35-44-18-12-11-13-19-44/h11-13,18-19,23-26,38-43,47-56,60-61,93H,14-17,20-22,27-37,76-77H2,1-10H3,(H2,78,94)(H2,79,95)(H,80,107)(H,81,101)(H,82,98)(H,83,102)(H,84,99)(H,85,103)(H,86,104)(H,87,105)(H,88,100)(H,89,106)(H,90,108)(H,96,97)(H,111,112)/t42-,43-,47-,48-,49-,50-,51-,52-,53-,54-,55-,56-,60-,61-/m0/s1. The predicted molar refractivity (Wildman–Crippen MR) is 406 cm³/mol. The Labute approximate surface area is 651 Å². The average molecular weight is 1570 g/mol. The highest BCUT2D eigenvalue weighted by molar-refractivity contribution is 6.02. The second kappa shape index (κ2) is 45.5. The fourth-order valence-corrected chi connectivity index (χ4v) is 12.8. The molecule has 2 aromatic rings. The first-order chi connectivity index (χ1) is 52.6. The topological polar surface area (TPSA) is 594 Å². The van der Waals surface area contributed by atoms with Gasteiger partial charge in [0.25, 0.3) is 0 Å². The summed E-state index contributed by atoms with van der Waals surface area (Å²) in [6.07, 6.45) is -1.44. The summed E-state index contributed by atoms with van der Waals surface area (Å²) in [7, 11) is 0. The van der Waals surface area contributed by atoms with Crippen LogP contribution in [-0.4, -0.2) is 230 Å². The van der Waals surface area contributed by atoms with Crippen LogP contribution in [0.3, 0.4) is 0 Å². The molecule has 2 aliphatic heterocycles. The van der Waals surface area contributed by atoms with E-state index in [1.165, 1.54) is 35.8 Å². The number of nitrogens with two attached hydrogens (primary N) is 4. The van der Waals surface area contributed by atoms with Crippen molar-refractivity contribution < 1.29 is 96.8 Å². The number of primary amides is 2. The van der Waals surface area contributed by atoms with Gasteiger partial charge in [-0.2, -0.15) is 0 Å².